The molecule has 3 N–H and O–H groups in total. The van der Waals surface area contributed by atoms with Crippen LogP contribution in [0.5, 0.6) is 0 Å². The summed E-state index contributed by atoms with van der Waals surface area (Å²) in [5, 5.41) is 7.15. The number of carbonyl (C=O) groups excluding carboxylic acids is 1. The second-order valence-corrected chi connectivity index (χ2v) is 1.85. The fraction of sp³-hybridized carbons (Fsp3) is 0.200. The number of nitrogens with one attached hydrogen (secondary N) is 3. The second kappa shape index (κ2) is 2.38. The van der Waals surface area contributed by atoms with E-state index in [-0.39, 0.29) is 11.5 Å². The van der Waals surface area contributed by atoms with Gasteiger partial charge in [-0.25, -0.2) is 0 Å². The Morgan fingerprint density at radius 1 is 1.60 bits per heavy atom. The quantitative estimate of drug-likeness (QED) is 0.500. The van der Waals surface area contributed by atoms with Gasteiger partial charge in [0.25, 0.3) is 5.56 Å². The molecule has 54 valence electrons. The van der Waals surface area contributed by atoms with Gasteiger partial charge in [-0.1, -0.05) is 0 Å². The highest BCUT2D eigenvalue weighted by Crippen LogP contribution is 1.92. The third-order valence-electron chi connectivity index (χ3n) is 0.907. The number of aromatic amines is 2. The molecule has 0 fully saturated rings. The molecule has 1 rings (SSSR count). The van der Waals surface area contributed by atoms with E-state index < -0.39 is 0 Å². The van der Waals surface area contributed by atoms with Gasteiger partial charge >= 0.3 is 0 Å². The highest BCUT2D eigenvalue weighted by Gasteiger charge is 1.95. The van der Waals surface area contributed by atoms with E-state index in [1.807, 2.05) is 0 Å². The summed E-state index contributed by atoms with van der Waals surface area (Å²) in [6.07, 6.45) is 0. The third-order valence-corrected chi connectivity index (χ3v) is 0.907. The number of amides is 1. The minimum atomic E-state index is -0.260. The first-order valence-corrected chi connectivity index (χ1v) is 2.74. The van der Waals surface area contributed by atoms with Crippen molar-refractivity contribution in [2.75, 3.05) is 5.32 Å². The normalized spacial score (nSPS) is 9.30. The standard InChI is InChI=1S/C5H7N3O2/c1-3(9)6-4-2-5(10)8-7-4/h2H,1H3,(H3,6,7,8,9,10). The fourth-order valence-corrected chi connectivity index (χ4v) is 0.589. The molecule has 1 heterocycles. The zero-order chi connectivity index (χ0) is 7.56. The number of carbonyl (C=O) groups is 1. The molecule has 0 aliphatic carbocycles. The largest absolute Gasteiger partial charge is 0.311 e. The molecule has 0 aliphatic heterocycles. The summed E-state index contributed by atoms with van der Waals surface area (Å²) in [5.41, 5.74) is -0.260. The molecule has 5 heteroatoms. The Hall–Kier alpha value is -1.52. The Morgan fingerprint density at radius 2 is 2.30 bits per heavy atom. The Morgan fingerprint density at radius 3 is 2.70 bits per heavy atom. The van der Waals surface area contributed by atoms with Gasteiger partial charge in [-0.15, -0.1) is 0 Å². The summed E-state index contributed by atoms with van der Waals surface area (Å²) in [7, 11) is 0. The Kier molecular flexibility index (Phi) is 1.57. The molecule has 0 radical (unpaired) electrons. The topological polar surface area (TPSA) is 77.8 Å². The highest BCUT2D eigenvalue weighted by molar-refractivity contribution is 5.87. The van der Waals surface area contributed by atoms with Gasteiger partial charge in [-0.3, -0.25) is 19.8 Å². The van der Waals surface area contributed by atoms with Crippen molar-refractivity contribution in [3.63, 3.8) is 0 Å². The maximum absolute atomic E-state index is 10.4. The van der Waals surface area contributed by atoms with Crippen molar-refractivity contribution in [2.24, 2.45) is 0 Å². The lowest BCUT2D eigenvalue weighted by Crippen LogP contribution is -2.05. The molecule has 0 aliphatic rings. The van der Waals surface area contributed by atoms with E-state index in [1.165, 1.54) is 13.0 Å². The van der Waals surface area contributed by atoms with Gasteiger partial charge in [0, 0.05) is 13.0 Å². The van der Waals surface area contributed by atoms with Gasteiger partial charge < -0.3 is 5.32 Å². The van der Waals surface area contributed by atoms with Crippen LogP contribution >= 0.6 is 0 Å². The summed E-state index contributed by atoms with van der Waals surface area (Å²) in [6.45, 7) is 1.37. The van der Waals surface area contributed by atoms with Crippen LogP contribution in [0.3, 0.4) is 0 Å². The van der Waals surface area contributed by atoms with Crippen LogP contribution in [0.1, 0.15) is 6.92 Å². The van der Waals surface area contributed by atoms with Crippen molar-refractivity contribution in [2.45, 2.75) is 6.92 Å². The fourth-order valence-electron chi connectivity index (χ4n) is 0.589. The van der Waals surface area contributed by atoms with Crippen molar-refractivity contribution in [3.05, 3.63) is 16.4 Å². The van der Waals surface area contributed by atoms with Gasteiger partial charge in [0.1, 0.15) is 5.82 Å². The van der Waals surface area contributed by atoms with E-state index >= 15 is 0 Å². The third kappa shape index (κ3) is 1.48. The zero-order valence-electron chi connectivity index (χ0n) is 5.39. The van der Waals surface area contributed by atoms with Crippen LogP contribution in [0, 0.1) is 0 Å². The van der Waals surface area contributed by atoms with Crippen molar-refractivity contribution < 1.29 is 4.79 Å². The average molecular weight is 141 g/mol. The van der Waals surface area contributed by atoms with Crippen LogP contribution in [0.25, 0.3) is 0 Å². The summed E-state index contributed by atoms with van der Waals surface area (Å²) < 4.78 is 0. The Bertz CT molecular complexity index is 285. The maximum Gasteiger partial charge on any atom is 0.266 e. The predicted molar refractivity (Wildman–Crippen MR) is 35.7 cm³/mol. The first-order valence-electron chi connectivity index (χ1n) is 2.74. The van der Waals surface area contributed by atoms with Crippen LogP contribution in [0.2, 0.25) is 0 Å². The summed E-state index contributed by atoms with van der Waals surface area (Å²) in [4.78, 5) is 20.8. The minimum absolute atomic E-state index is 0.213. The first kappa shape index (κ1) is 6.60. The number of aromatic nitrogens is 2. The molecule has 0 spiro atoms. The van der Waals surface area contributed by atoms with Crippen molar-refractivity contribution in [1.29, 1.82) is 0 Å². The molecular weight excluding hydrogens is 134 g/mol. The lowest BCUT2D eigenvalue weighted by molar-refractivity contribution is -0.114. The highest BCUT2D eigenvalue weighted by atomic mass is 16.1. The van der Waals surface area contributed by atoms with Crippen LogP contribution in [-0.4, -0.2) is 16.1 Å². The number of H-pyrrole nitrogens is 2. The van der Waals surface area contributed by atoms with E-state index in [9.17, 15) is 9.59 Å². The van der Waals surface area contributed by atoms with E-state index in [0.717, 1.165) is 0 Å². The number of hydrogen-bond donors (Lipinski definition) is 3. The number of hydrogen-bond acceptors (Lipinski definition) is 2. The molecule has 1 aromatic heterocycles. The predicted octanol–water partition coefficient (Wildman–Crippen LogP) is -0.339. The summed E-state index contributed by atoms with van der Waals surface area (Å²) >= 11 is 0. The molecule has 0 saturated carbocycles. The SMILES string of the molecule is CC(=O)Nc1cc(=O)[nH][nH]1. The van der Waals surface area contributed by atoms with Crippen molar-refractivity contribution >= 4 is 11.7 Å². The molecule has 0 bridgehead atoms. The maximum atomic E-state index is 10.4. The van der Waals surface area contributed by atoms with E-state index in [0.29, 0.717) is 5.82 Å². The summed E-state index contributed by atoms with van der Waals surface area (Å²) in [6, 6.07) is 1.27. The zero-order valence-corrected chi connectivity index (χ0v) is 5.39. The van der Waals surface area contributed by atoms with E-state index in [4.69, 9.17) is 0 Å². The van der Waals surface area contributed by atoms with Gasteiger partial charge in [0.2, 0.25) is 5.91 Å². The molecule has 0 unspecified atom stereocenters. The summed E-state index contributed by atoms with van der Waals surface area (Å²) in [5.74, 6) is 0.174. The van der Waals surface area contributed by atoms with E-state index in [2.05, 4.69) is 15.5 Å². The second-order valence-electron chi connectivity index (χ2n) is 1.85. The van der Waals surface area contributed by atoms with E-state index in [1.54, 1.807) is 0 Å². The molecular formula is C5H7N3O2. The average Bonchev–Trinajstić information content (AvgIpc) is 2.13. The molecule has 1 aromatic rings. The molecule has 1 amide bonds. The minimum Gasteiger partial charge on any atom is -0.311 e. The monoisotopic (exact) mass is 141 g/mol. The van der Waals surface area contributed by atoms with Crippen LogP contribution < -0.4 is 10.9 Å². The van der Waals surface area contributed by atoms with Crippen LogP contribution in [0.15, 0.2) is 10.9 Å². The molecule has 0 saturated heterocycles. The number of anilines is 1. The molecule has 0 atom stereocenters. The van der Waals surface area contributed by atoms with Gasteiger partial charge in [0.05, 0.1) is 0 Å². The first-order chi connectivity index (χ1) is 4.68. The van der Waals surface area contributed by atoms with Gasteiger partial charge in [-0.2, -0.15) is 0 Å². The number of rotatable bonds is 1. The van der Waals surface area contributed by atoms with Crippen molar-refractivity contribution in [3.8, 4) is 0 Å². The molecule has 5 nitrogen and oxygen atoms in total. The Labute approximate surface area is 56.4 Å². The van der Waals surface area contributed by atoms with Crippen LogP contribution in [0.4, 0.5) is 5.82 Å². The molecule has 0 aromatic carbocycles. The smallest absolute Gasteiger partial charge is 0.266 e. The van der Waals surface area contributed by atoms with Gasteiger partial charge in [0.15, 0.2) is 0 Å². The lowest BCUT2D eigenvalue weighted by atomic mass is 10.6. The van der Waals surface area contributed by atoms with Crippen molar-refractivity contribution in [1.82, 2.24) is 10.2 Å². The van der Waals surface area contributed by atoms with Gasteiger partial charge in [-0.05, 0) is 0 Å². The Balaban J connectivity index is 2.76. The van der Waals surface area contributed by atoms with Crippen LogP contribution in [-0.2, 0) is 4.79 Å². The molecule has 10 heavy (non-hydrogen) atoms. The lowest BCUT2D eigenvalue weighted by Gasteiger charge is -1.92.